The molecule has 4 aromatic heterocycles. The van der Waals surface area contributed by atoms with Crippen LogP contribution in [0.2, 0.25) is 0 Å². The quantitative estimate of drug-likeness (QED) is 0.124. The van der Waals surface area contributed by atoms with Gasteiger partial charge in [-0.1, -0.05) is 123 Å². The molecule has 0 aliphatic heterocycles. The number of aromatic nitrogens is 5. The molecule has 6 nitrogen and oxygen atoms in total. The van der Waals surface area contributed by atoms with E-state index in [1.165, 1.54) is 32.8 Å². The standard InChI is InChI=1S/C56H53N5O/c1-54(2,3)37-24-25-57-53(31-37)61-51-21-15-12-18-47(51)48-23-22-43(35-52(48)61)62-44-33-41(32-42(34-44)60-49-19-13-10-16-45(49)46-17-11-14-20-50(46)60)59-27-26-58(36-59)40-29-38(55(4,5)6)28-39(30-40)56(7,8)9/h10-35H,1-9H3. The van der Waals surface area contributed by atoms with Crippen molar-refractivity contribution in [3.63, 3.8) is 0 Å². The van der Waals surface area contributed by atoms with Gasteiger partial charge in [-0.2, -0.15) is 0 Å². The van der Waals surface area contributed by atoms with E-state index in [0.717, 1.165) is 56.1 Å². The van der Waals surface area contributed by atoms with Crippen molar-refractivity contribution in [3.05, 3.63) is 181 Å². The van der Waals surface area contributed by atoms with Gasteiger partial charge in [0.2, 0.25) is 0 Å². The predicted octanol–water partition coefficient (Wildman–Crippen LogP) is 13.8. The van der Waals surface area contributed by atoms with Gasteiger partial charge in [0.15, 0.2) is 0 Å². The molecule has 10 aromatic rings. The molecule has 0 saturated heterocycles. The third kappa shape index (κ3) is 6.94. The van der Waals surface area contributed by atoms with Crippen LogP contribution in [0.1, 0.15) is 79.0 Å². The summed E-state index contributed by atoms with van der Waals surface area (Å²) in [7, 11) is 0. The van der Waals surface area contributed by atoms with Crippen molar-refractivity contribution in [3.8, 4) is 34.4 Å². The summed E-state index contributed by atoms with van der Waals surface area (Å²) < 4.78 is 15.8. The Hall–Kier alpha value is -6.92. The molecule has 0 aliphatic rings. The molecule has 0 amide bonds. The lowest BCUT2D eigenvalue weighted by Crippen LogP contribution is -2.30. The van der Waals surface area contributed by atoms with E-state index in [-0.39, 0.29) is 16.2 Å². The van der Waals surface area contributed by atoms with E-state index in [1.54, 1.807) is 0 Å². The van der Waals surface area contributed by atoms with E-state index in [0.29, 0.717) is 5.75 Å². The highest BCUT2D eigenvalue weighted by molar-refractivity contribution is 6.10. The fourth-order valence-electron chi connectivity index (χ4n) is 8.72. The molecule has 0 fully saturated rings. The zero-order valence-corrected chi connectivity index (χ0v) is 37.2. The van der Waals surface area contributed by atoms with Crippen molar-refractivity contribution in [2.75, 3.05) is 0 Å². The second-order valence-corrected chi connectivity index (χ2v) is 19.7. The third-order valence-electron chi connectivity index (χ3n) is 12.2. The maximum atomic E-state index is 6.99. The van der Waals surface area contributed by atoms with Crippen molar-refractivity contribution in [1.82, 2.24) is 18.7 Å². The monoisotopic (exact) mass is 811 g/mol. The molecule has 0 aliphatic carbocycles. The number of hydrogen-bond donors (Lipinski definition) is 0. The molecule has 0 N–H and O–H groups in total. The first-order valence-corrected chi connectivity index (χ1v) is 21.6. The maximum Gasteiger partial charge on any atom is 0.268 e. The van der Waals surface area contributed by atoms with Gasteiger partial charge in [-0.05, 0) is 99.7 Å². The summed E-state index contributed by atoms with van der Waals surface area (Å²) in [5, 5.41) is 4.73. The van der Waals surface area contributed by atoms with Gasteiger partial charge < -0.3 is 9.30 Å². The molecule has 4 heterocycles. The van der Waals surface area contributed by atoms with Crippen molar-refractivity contribution in [1.29, 1.82) is 0 Å². The summed E-state index contributed by atoms with van der Waals surface area (Å²) in [5.74, 6) is 2.34. The van der Waals surface area contributed by atoms with Crippen LogP contribution in [0.4, 0.5) is 0 Å². The van der Waals surface area contributed by atoms with Gasteiger partial charge in [-0.15, -0.1) is 0 Å². The van der Waals surface area contributed by atoms with Crippen LogP contribution < -0.4 is 9.30 Å². The topological polar surface area (TPSA) is 40.8 Å². The van der Waals surface area contributed by atoms with Crippen LogP contribution in [0.25, 0.3) is 66.5 Å². The van der Waals surface area contributed by atoms with Crippen molar-refractivity contribution >= 4 is 43.6 Å². The Morgan fingerprint density at radius 2 is 1.03 bits per heavy atom. The van der Waals surface area contributed by atoms with E-state index in [4.69, 9.17) is 9.72 Å². The third-order valence-corrected chi connectivity index (χ3v) is 12.2. The predicted molar refractivity (Wildman–Crippen MR) is 255 cm³/mol. The second-order valence-electron chi connectivity index (χ2n) is 19.7. The van der Waals surface area contributed by atoms with Crippen molar-refractivity contribution < 1.29 is 9.30 Å². The number of imidazole rings is 1. The second kappa shape index (κ2) is 14.3. The van der Waals surface area contributed by atoms with Crippen molar-refractivity contribution in [2.45, 2.75) is 78.6 Å². The summed E-state index contributed by atoms with van der Waals surface area (Å²) in [6, 6.07) is 50.0. The van der Waals surface area contributed by atoms with Gasteiger partial charge in [0.05, 0.1) is 33.4 Å². The number of ether oxygens (including phenoxy) is 1. The first-order valence-electron chi connectivity index (χ1n) is 21.6. The van der Waals surface area contributed by atoms with Crippen molar-refractivity contribution in [2.24, 2.45) is 0 Å². The molecule has 308 valence electrons. The number of para-hydroxylation sites is 3. The molecule has 6 aromatic carbocycles. The van der Waals surface area contributed by atoms with Gasteiger partial charge in [0.1, 0.15) is 17.3 Å². The Balaban J connectivity index is 1.14. The molecular weight excluding hydrogens is 759 g/mol. The lowest BCUT2D eigenvalue weighted by Gasteiger charge is -2.26. The molecule has 0 atom stereocenters. The largest absolute Gasteiger partial charge is 0.458 e. The number of benzene rings is 6. The highest BCUT2D eigenvalue weighted by atomic mass is 16.5. The van der Waals surface area contributed by atoms with E-state index in [2.05, 4.69) is 239 Å². The average molecular weight is 812 g/mol. The number of fused-ring (bicyclic) bond motifs is 6. The number of pyridine rings is 1. The highest BCUT2D eigenvalue weighted by Gasteiger charge is 2.23. The summed E-state index contributed by atoms with van der Waals surface area (Å²) in [5.41, 5.74) is 11.2. The van der Waals surface area contributed by atoms with E-state index >= 15 is 0 Å². The maximum absolute atomic E-state index is 6.99. The molecule has 10 rings (SSSR count). The van der Waals surface area contributed by atoms with Gasteiger partial charge in [0.25, 0.3) is 6.33 Å². The Bertz CT molecular complexity index is 3250. The molecule has 6 heteroatoms. The highest BCUT2D eigenvalue weighted by Crippen LogP contribution is 2.39. The van der Waals surface area contributed by atoms with Gasteiger partial charge in [0, 0.05) is 58.0 Å². The van der Waals surface area contributed by atoms with Gasteiger partial charge >= 0.3 is 0 Å². The van der Waals surface area contributed by atoms with E-state index in [1.807, 2.05) is 6.20 Å². The number of hydrogen-bond acceptors (Lipinski definition) is 2. The SMILES string of the molecule is CC(C)(C)c1cc(-[n+]2[c-]n(-c3cc(Oc4ccc5c6ccccc6n(-c6cc(C(C)(C)C)ccn6)c5c4)cc(-n4c5ccccc5c5ccccc54)c3)cc2)cc(C(C)(C)C)c1. The molecule has 0 spiro atoms. The molecule has 0 bridgehead atoms. The fourth-order valence-corrected chi connectivity index (χ4v) is 8.72. The Kier molecular flexibility index (Phi) is 9.07. The molecule has 0 radical (unpaired) electrons. The number of rotatable bonds is 6. The lowest BCUT2D eigenvalue weighted by molar-refractivity contribution is -0.599. The van der Waals surface area contributed by atoms with Crippen LogP contribution in [-0.4, -0.2) is 18.7 Å². The minimum Gasteiger partial charge on any atom is -0.458 e. The Labute approximate surface area is 364 Å². The van der Waals surface area contributed by atoms with E-state index < -0.39 is 0 Å². The van der Waals surface area contributed by atoms with Gasteiger partial charge in [-0.25, -0.2) is 4.98 Å². The van der Waals surface area contributed by atoms with Crippen LogP contribution in [0.15, 0.2) is 158 Å². The van der Waals surface area contributed by atoms with Crippen LogP contribution in [0, 0.1) is 6.33 Å². The molecular formula is C56H53N5O. The summed E-state index contributed by atoms with van der Waals surface area (Å²) >= 11 is 0. The Morgan fingerprint density at radius 3 is 1.63 bits per heavy atom. The number of nitrogens with zero attached hydrogens (tertiary/aromatic N) is 5. The molecule has 62 heavy (non-hydrogen) atoms. The molecule has 0 saturated carbocycles. The lowest BCUT2D eigenvalue weighted by atomic mass is 9.80. The normalized spacial score (nSPS) is 12.6. The molecule has 0 unspecified atom stereocenters. The summed E-state index contributed by atoms with van der Waals surface area (Å²) in [6.45, 7) is 20.4. The zero-order valence-electron chi connectivity index (χ0n) is 37.2. The minimum atomic E-state index is -0.0218. The Morgan fingerprint density at radius 1 is 0.484 bits per heavy atom. The first-order chi connectivity index (χ1) is 29.6. The van der Waals surface area contributed by atoms with Crippen LogP contribution >= 0.6 is 0 Å². The van der Waals surface area contributed by atoms with Crippen LogP contribution in [0.5, 0.6) is 11.5 Å². The van der Waals surface area contributed by atoms with Crippen LogP contribution in [-0.2, 0) is 16.2 Å². The summed E-state index contributed by atoms with van der Waals surface area (Å²) in [4.78, 5) is 4.91. The minimum absolute atomic E-state index is 0.00757. The summed E-state index contributed by atoms with van der Waals surface area (Å²) in [6.07, 6.45) is 9.78. The van der Waals surface area contributed by atoms with Gasteiger partial charge in [-0.3, -0.25) is 13.7 Å². The van der Waals surface area contributed by atoms with Crippen LogP contribution in [0.3, 0.4) is 0 Å². The zero-order chi connectivity index (χ0) is 43.1. The smallest absolute Gasteiger partial charge is 0.268 e. The first kappa shape index (κ1) is 39.2. The average Bonchev–Trinajstić information content (AvgIpc) is 3.96. The van der Waals surface area contributed by atoms with E-state index in [9.17, 15) is 0 Å². The fraction of sp³-hybridized carbons (Fsp3) is 0.214.